The van der Waals surface area contributed by atoms with E-state index in [1.165, 1.54) is 109 Å². The Kier molecular flexibility index (Phi) is 6.87. The Labute approximate surface area is 317 Å². The molecule has 0 unspecified atom stereocenters. The van der Waals surface area contributed by atoms with Crippen molar-refractivity contribution in [1.82, 2.24) is 0 Å². The Morgan fingerprint density at radius 2 is 0.811 bits per heavy atom. The van der Waals surface area contributed by atoms with Gasteiger partial charge in [-0.2, -0.15) is 0 Å². The van der Waals surface area contributed by atoms with Crippen LogP contribution in [0.25, 0.3) is 98.4 Å². The Morgan fingerprint density at radius 3 is 1.42 bits per heavy atom. The van der Waals surface area contributed by atoms with Gasteiger partial charge in [0.15, 0.2) is 0 Å². The fraction of sp³-hybridized carbons (Fsp3) is 0.0588. The van der Waals surface area contributed by atoms with Crippen LogP contribution in [0, 0.1) is 0 Å². The molecular formula is C51H34S2. The normalized spacial score (nSPS) is 13.4. The fourth-order valence-electron chi connectivity index (χ4n) is 9.44. The molecule has 0 N–H and O–H groups in total. The molecule has 250 valence electrons. The molecule has 0 atom stereocenters. The smallest absolute Gasteiger partial charge is 0.112 e. The van der Waals surface area contributed by atoms with Crippen molar-refractivity contribution in [2.75, 3.05) is 12.5 Å². The molecule has 11 rings (SSSR count). The van der Waals surface area contributed by atoms with Crippen molar-refractivity contribution >= 4 is 77.4 Å². The van der Waals surface area contributed by atoms with Gasteiger partial charge in [0.1, 0.15) is 4.08 Å². The maximum atomic E-state index is 2.51. The van der Waals surface area contributed by atoms with Gasteiger partial charge in [-0.25, -0.2) is 0 Å². The first-order valence-corrected chi connectivity index (χ1v) is 20.7. The first-order valence-electron chi connectivity index (χ1n) is 18.2. The lowest BCUT2D eigenvalue weighted by Gasteiger charge is -2.29. The van der Waals surface area contributed by atoms with Crippen molar-refractivity contribution in [2.45, 2.75) is 4.08 Å². The minimum absolute atomic E-state index is 0.240. The highest BCUT2D eigenvalue weighted by molar-refractivity contribution is 8.17. The number of hydrogen-bond donors (Lipinski definition) is 0. The summed E-state index contributed by atoms with van der Waals surface area (Å²) in [4.78, 5) is 0. The third-order valence-electron chi connectivity index (χ3n) is 11.7. The maximum absolute atomic E-state index is 2.51. The van der Waals surface area contributed by atoms with Crippen LogP contribution in [0.5, 0.6) is 0 Å². The quantitative estimate of drug-likeness (QED) is 0.0991. The van der Waals surface area contributed by atoms with Gasteiger partial charge in [0, 0.05) is 0 Å². The van der Waals surface area contributed by atoms with Crippen LogP contribution in [0.4, 0.5) is 0 Å². The minimum Gasteiger partial charge on any atom is -0.138 e. The summed E-state index contributed by atoms with van der Waals surface area (Å²) in [5.74, 6) is 0. The third kappa shape index (κ3) is 4.34. The predicted molar refractivity (Wildman–Crippen MR) is 235 cm³/mol. The molecule has 0 amide bonds. The van der Waals surface area contributed by atoms with Gasteiger partial charge >= 0.3 is 0 Å². The highest BCUT2D eigenvalue weighted by Gasteiger charge is 2.43. The molecule has 0 bridgehead atoms. The van der Waals surface area contributed by atoms with E-state index in [1.807, 2.05) is 23.5 Å². The number of benzene rings is 10. The third-order valence-corrected chi connectivity index (χ3v) is 14.8. The van der Waals surface area contributed by atoms with E-state index in [2.05, 4.69) is 182 Å². The van der Waals surface area contributed by atoms with Crippen LogP contribution in [0.15, 0.2) is 170 Å². The Bertz CT molecular complexity index is 3010. The second kappa shape index (κ2) is 11.7. The Morgan fingerprint density at radius 1 is 0.340 bits per heavy atom. The van der Waals surface area contributed by atoms with Crippen LogP contribution in [0.2, 0.25) is 0 Å². The van der Waals surface area contributed by atoms with Crippen molar-refractivity contribution in [2.24, 2.45) is 0 Å². The molecule has 0 spiro atoms. The molecule has 0 saturated heterocycles. The topological polar surface area (TPSA) is 0 Å². The van der Waals surface area contributed by atoms with Crippen LogP contribution >= 0.6 is 23.5 Å². The second-order valence-corrected chi connectivity index (χ2v) is 16.5. The van der Waals surface area contributed by atoms with Gasteiger partial charge in [-0.05, 0) is 134 Å². The van der Waals surface area contributed by atoms with E-state index in [1.54, 1.807) is 0 Å². The van der Waals surface area contributed by atoms with E-state index in [0.29, 0.717) is 0 Å². The van der Waals surface area contributed by atoms with Crippen LogP contribution in [0.1, 0.15) is 11.1 Å². The maximum Gasteiger partial charge on any atom is 0.112 e. The minimum atomic E-state index is -0.240. The fourth-order valence-corrected chi connectivity index (χ4v) is 11.7. The summed E-state index contributed by atoms with van der Waals surface area (Å²) < 4.78 is -0.240. The van der Waals surface area contributed by atoms with Gasteiger partial charge in [0.25, 0.3) is 0 Å². The van der Waals surface area contributed by atoms with Gasteiger partial charge in [0.2, 0.25) is 0 Å². The summed E-state index contributed by atoms with van der Waals surface area (Å²) in [5.41, 5.74) is 13.1. The van der Waals surface area contributed by atoms with Crippen LogP contribution in [0.3, 0.4) is 0 Å². The number of thioether (sulfide) groups is 2. The van der Waals surface area contributed by atoms with Crippen molar-refractivity contribution in [3.63, 3.8) is 0 Å². The molecule has 10 aromatic rings. The summed E-state index contributed by atoms with van der Waals surface area (Å²) in [6.07, 6.45) is 4.56. The molecule has 0 radical (unpaired) electrons. The van der Waals surface area contributed by atoms with Crippen molar-refractivity contribution < 1.29 is 0 Å². The number of hydrogen-bond acceptors (Lipinski definition) is 2. The van der Waals surface area contributed by atoms with Gasteiger partial charge in [-0.15, -0.1) is 23.5 Å². The van der Waals surface area contributed by atoms with E-state index in [9.17, 15) is 0 Å². The lowest BCUT2D eigenvalue weighted by atomic mass is 9.85. The highest BCUT2D eigenvalue weighted by Crippen LogP contribution is 2.61. The first-order chi connectivity index (χ1) is 26.2. The van der Waals surface area contributed by atoms with Crippen molar-refractivity contribution in [3.05, 3.63) is 181 Å². The highest BCUT2D eigenvalue weighted by atomic mass is 32.2. The number of fused-ring (bicyclic) bond motifs is 5. The largest absolute Gasteiger partial charge is 0.138 e. The molecule has 1 aliphatic rings. The second-order valence-electron chi connectivity index (χ2n) is 14.2. The molecule has 0 aromatic heterocycles. The standard InChI is InChI=1S/C51H34S2/c1-52-51(53-2)45-29-35(37-25-21-34-20-19-32-13-10-14-33-22-28-44(37)50(34)47(32)33)23-26-38(45)39-27-24-36(30-46(39)51)49-42-17-8-6-15-40(42)48(31-11-4-3-5-12-31)41-16-7-9-18-43(41)49/h3-30H,1-2H3. The molecule has 1 aliphatic carbocycles. The molecular weight excluding hydrogens is 677 g/mol. The average molecular weight is 711 g/mol. The van der Waals surface area contributed by atoms with Crippen LogP contribution < -0.4 is 0 Å². The monoisotopic (exact) mass is 710 g/mol. The molecule has 0 saturated carbocycles. The summed E-state index contributed by atoms with van der Waals surface area (Å²) in [7, 11) is 0. The average Bonchev–Trinajstić information content (AvgIpc) is 3.50. The Hall–Kier alpha value is -5.54. The lowest BCUT2D eigenvalue weighted by Crippen LogP contribution is -2.15. The molecule has 0 heterocycles. The van der Waals surface area contributed by atoms with E-state index >= 15 is 0 Å². The van der Waals surface area contributed by atoms with Crippen LogP contribution in [-0.4, -0.2) is 12.5 Å². The molecule has 53 heavy (non-hydrogen) atoms. The SMILES string of the molecule is CSC1(SC)c2cc(-c3c4ccccc4c(-c4ccccc4)c4ccccc34)ccc2-c2ccc(-c3ccc4ccc5cccc6ccc3c4c56)cc21. The van der Waals surface area contributed by atoms with Gasteiger partial charge in [-0.1, -0.05) is 158 Å². The lowest BCUT2D eigenvalue weighted by molar-refractivity contribution is 1.13. The zero-order valence-electron chi connectivity index (χ0n) is 29.5. The van der Waals surface area contributed by atoms with Crippen molar-refractivity contribution in [1.29, 1.82) is 0 Å². The van der Waals surface area contributed by atoms with E-state index < -0.39 is 0 Å². The molecule has 0 nitrogen and oxygen atoms in total. The van der Waals surface area contributed by atoms with Crippen LogP contribution in [-0.2, 0) is 4.08 Å². The zero-order valence-corrected chi connectivity index (χ0v) is 31.1. The molecule has 0 fully saturated rings. The summed E-state index contributed by atoms with van der Waals surface area (Å²) in [5, 5.41) is 13.1. The van der Waals surface area contributed by atoms with E-state index in [0.717, 1.165) is 0 Å². The Balaban J connectivity index is 1.12. The zero-order chi connectivity index (χ0) is 35.3. The molecule has 0 aliphatic heterocycles. The van der Waals surface area contributed by atoms with E-state index in [4.69, 9.17) is 0 Å². The molecule has 10 aromatic carbocycles. The summed E-state index contributed by atoms with van der Waals surface area (Å²) in [6, 6.07) is 63.8. The number of rotatable bonds is 5. The van der Waals surface area contributed by atoms with E-state index in [-0.39, 0.29) is 4.08 Å². The van der Waals surface area contributed by atoms with Gasteiger partial charge in [0.05, 0.1) is 0 Å². The van der Waals surface area contributed by atoms with Gasteiger partial charge in [-0.3, -0.25) is 0 Å². The summed E-state index contributed by atoms with van der Waals surface area (Å²) >= 11 is 3.91. The molecule has 2 heteroatoms. The van der Waals surface area contributed by atoms with Crippen molar-refractivity contribution in [3.8, 4) is 44.5 Å². The first kappa shape index (κ1) is 31.0. The summed E-state index contributed by atoms with van der Waals surface area (Å²) in [6.45, 7) is 0. The predicted octanol–water partition coefficient (Wildman–Crippen LogP) is 14.8. The van der Waals surface area contributed by atoms with Gasteiger partial charge < -0.3 is 0 Å².